The first-order valence-electron chi connectivity index (χ1n) is 5.91. The van der Waals surface area contributed by atoms with Crippen LogP contribution in [0.1, 0.15) is 24.3 Å². The summed E-state index contributed by atoms with van der Waals surface area (Å²) in [5.41, 5.74) is 6.85. The lowest BCUT2D eigenvalue weighted by Gasteiger charge is -2.36. The molecule has 0 unspecified atom stereocenters. The van der Waals surface area contributed by atoms with Crippen LogP contribution < -0.4 is 15.8 Å². The molecule has 0 aromatic heterocycles. The molecule has 0 atom stereocenters. The van der Waals surface area contributed by atoms with Crippen LogP contribution >= 0.6 is 0 Å². The Morgan fingerprint density at radius 3 is 2.94 bits per heavy atom. The van der Waals surface area contributed by atoms with Gasteiger partial charge in [-0.3, -0.25) is 0 Å². The van der Waals surface area contributed by atoms with Crippen LogP contribution in [0.15, 0.2) is 24.3 Å². The highest BCUT2D eigenvalue weighted by Crippen LogP contribution is 2.37. The lowest BCUT2D eigenvalue weighted by atomic mass is 9.76. The summed E-state index contributed by atoms with van der Waals surface area (Å²) in [5.74, 6) is 1.64. The summed E-state index contributed by atoms with van der Waals surface area (Å²) in [7, 11) is 1.71. The van der Waals surface area contributed by atoms with Gasteiger partial charge >= 0.3 is 0 Å². The third kappa shape index (κ3) is 2.54. The van der Waals surface area contributed by atoms with Crippen LogP contribution in [0.3, 0.4) is 0 Å². The Labute approximate surface area is 97.0 Å². The van der Waals surface area contributed by atoms with Crippen LogP contribution in [0, 0.1) is 0 Å². The molecule has 88 valence electrons. The van der Waals surface area contributed by atoms with Gasteiger partial charge in [0.2, 0.25) is 0 Å². The fourth-order valence-electron chi connectivity index (χ4n) is 2.24. The van der Waals surface area contributed by atoms with Gasteiger partial charge in [0.25, 0.3) is 0 Å². The summed E-state index contributed by atoms with van der Waals surface area (Å²) in [6.45, 7) is 1.65. The van der Waals surface area contributed by atoms with Crippen molar-refractivity contribution < 1.29 is 4.74 Å². The molecule has 0 radical (unpaired) electrons. The average Bonchev–Trinajstić information content (AvgIpc) is 2.27. The van der Waals surface area contributed by atoms with Crippen molar-refractivity contribution in [3.63, 3.8) is 0 Å². The molecule has 0 aliphatic heterocycles. The zero-order valence-corrected chi connectivity index (χ0v) is 9.78. The summed E-state index contributed by atoms with van der Waals surface area (Å²) < 4.78 is 5.23. The predicted octanol–water partition coefficient (Wildman–Crippen LogP) is 1.49. The average molecular weight is 220 g/mol. The highest BCUT2D eigenvalue weighted by molar-refractivity contribution is 5.32. The third-order valence-corrected chi connectivity index (χ3v) is 3.28. The molecular formula is C13H20N2O. The van der Waals surface area contributed by atoms with Crippen molar-refractivity contribution in [3.05, 3.63) is 29.8 Å². The Morgan fingerprint density at radius 1 is 1.44 bits per heavy atom. The van der Waals surface area contributed by atoms with E-state index < -0.39 is 0 Å². The van der Waals surface area contributed by atoms with Crippen LogP contribution in [-0.2, 0) is 0 Å². The van der Waals surface area contributed by atoms with Crippen molar-refractivity contribution in [1.29, 1.82) is 0 Å². The molecule has 1 aliphatic carbocycles. The van der Waals surface area contributed by atoms with Crippen LogP contribution in [0.4, 0.5) is 0 Å². The van der Waals surface area contributed by atoms with Crippen molar-refractivity contribution in [1.82, 2.24) is 5.32 Å². The van der Waals surface area contributed by atoms with Gasteiger partial charge in [-0.15, -0.1) is 0 Å². The smallest absolute Gasteiger partial charge is 0.119 e. The normalized spacial score (nSPS) is 23.9. The molecule has 0 bridgehead atoms. The molecule has 0 amide bonds. The summed E-state index contributed by atoms with van der Waals surface area (Å²) >= 11 is 0. The molecule has 16 heavy (non-hydrogen) atoms. The molecule has 1 aliphatic rings. The largest absolute Gasteiger partial charge is 0.497 e. The SMILES string of the molecule is COc1cccc(C2CC(NCCN)C2)c1. The van der Waals surface area contributed by atoms with Gasteiger partial charge < -0.3 is 15.8 Å². The fraction of sp³-hybridized carbons (Fsp3) is 0.538. The van der Waals surface area contributed by atoms with Gasteiger partial charge in [0.15, 0.2) is 0 Å². The number of methoxy groups -OCH3 is 1. The second-order valence-electron chi connectivity index (χ2n) is 4.38. The number of benzene rings is 1. The van der Waals surface area contributed by atoms with E-state index in [2.05, 4.69) is 23.5 Å². The summed E-state index contributed by atoms with van der Waals surface area (Å²) in [6.07, 6.45) is 2.43. The highest BCUT2D eigenvalue weighted by Gasteiger charge is 2.29. The Kier molecular flexibility index (Phi) is 3.80. The van der Waals surface area contributed by atoms with E-state index in [4.69, 9.17) is 10.5 Å². The standard InChI is InChI=1S/C13H20N2O/c1-16-13-4-2-3-10(9-13)11-7-12(8-11)15-6-5-14/h2-4,9,11-12,15H,5-8,14H2,1H3. The minimum atomic E-state index is 0.653. The zero-order valence-electron chi connectivity index (χ0n) is 9.78. The van der Waals surface area contributed by atoms with Crippen molar-refractivity contribution in [3.8, 4) is 5.75 Å². The maximum atomic E-state index is 5.46. The number of hydrogen-bond donors (Lipinski definition) is 2. The van der Waals surface area contributed by atoms with Crippen LogP contribution in [0.5, 0.6) is 5.75 Å². The Morgan fingerprint density at radius 2 is 2.25 bits per heavy atom. The minimum Gasteiger partial charge on any atom is -0.497 e. The van der Waals surface area contributed by atoms with E-state index in [1.54, 1.807) is 7.11 Å². The fourth-order valence-corrected chi connectivity index (χ4v) is 2.24. The maximum absolute atomic E-state index is 5.46. The molecule has 3 N–H and O–H groups in total. The molecule has 3 nitrogen and oxygen atoms in total. The van der Waals surface area contributed by atoms with E-state index in [0.29, 0.717) is 12.0 Å². The Balaban J connectivity index is 1.86. The van der Waals surface area contributed by atoms with E-state index in [-0.39, 0.29) is 0 Å². The van der Waals surface area contributed by atoms with E-state index in [9.17, 15) is 0 Å². The van der Waals surface area contributed by atoms with Crippen LogP contribution in [0.2, 0.25) is 0 Å². The maximum Gasteiger partial charge on any atom is 0.119 e. The molecule has 0 saturated heterocycles. The van der Waals surface area contributed by atoms with Gasteiger partial charge in [-0.1, -0.05) is 12.1 Å². The lowest BCUT2D eigenvalue weighted by molar-refractivity contribution is 0.293. The van der Waals surface area contributed by atoms with Gasteiger partial charge in [0, 0.05) is 19.1 Å². The second kappa shape index (κ2) is 5.32. The first-order chi connectivity index (χ1) is 7.83. The first kappa shape index (κ1) is 11.4. The monoisotopic (exact) mass is 220 g/mol. The van der Waals surface area contributed by atoms with Gasteiger partial charge in [-0.05, 0) is 36.5 Å². The van der Waals surface area contributed by atoms with Crippen molar-refractivity contribution >= 4 is 0 Å². The Bertz CT molecular complexity index is 334. The molecule has 1 fully saturated rings. The summed E-state index contributed by atoms with van der Waals surface area (Å²) in [4.78, 5) is 0. The third-order valence-electron chi connectivity index (χ3n) is 3.28. The van der Waals surface area contributed by atoms with E-state index >= 15 is 0 Å². The van der Waals surface area contributed by atoms with Crippen molar-refractivity contribution in [2.75, 3.05) is 20.2 Å². The molecule has 3 heteroatoms. The molecule has 1 aromatic carbocycles. The van der Waals surface area contributed by atoms with Gasteiger partial charge in [0.1, 0.15) is 5.75 Å². The van der Waals surface area contributed by atoms with E-state index in [0.717, 1.165) is 18.8 Å². The van der Waals surface area contributed by atoms with Crippen LogP contribution in [-0.4, -0.2) is 26.2 Å². The van der Waals surface area contributed by atoms with Crippen molar-refractivity contribution in [2.24, 2.45) is 5.73 Å². The minimum absolute atomic E-state index is 0.653. The number of hydrogen-bond acceptors (Lipinski definition) is 3. The highest BCUT2D eigenvalue weighted by atomic mass is 16.5. The quantitative estimate of drug-likeness (QED) is 0.790. The molecular weight excluding hydrogens is 200 g/mol. The van der Waals surface area contributed by atoms with Gasteiger partial charge in [-0.25, -0.2) is 0 Å². The molecule has 1 aromatic rings. The number of ether oxygens (including phenoxy) is 1. The second-order valence-corrected chi connectivity index (χ2v) is 4.38. The number of nitrogens with one attached hydrogen (secondary N) is 1. The Hall–Kier alpha value is -1.06. The molecule has 2 rings (SSSR count). The zero-order chi connectivity index (χ0) is 11.4. The number of rotatable bonds is 5. The lowest BCUT2D eigenvalue weighted by Crippen LogP contribution is -2.42. The van der Waals surface area contributed by atoms with Crippen molar-refractivity contribution in [2.45, 2.75) is 24.8 Å². The van der Waals surface area contributed by atoms with E-state index in [1.165, 1.54) is 18.4 Å². The van der Waals surface area contributed by atoms with E-state index in [1.807, 2.05) is 6.07 Å². The first-order valence-corrected chi connectivity index (χ1v) is 5.91. The predicted molar refractivity (Wildman–Crippen MR) is 65.8 cm³/mol. The summed E-state index contributed by atoms with van der Waals surface area (Å²) in [6, 6.07) is 9.04. The number of nitrogens with two attached hydrogens (primary N) is 1. The summed E-state index contributed by atoms with van der Waals surface area (Å²) in [5, 5.41) is 3.44. The van der Waals surface area contributed by atoms with Gasteiger partial charge in [-0.2, -0.15) is 0 Å². The molecule has 0 spiro atoms. The topological polar surface area (TPSA) is 47.3 Å². The van der Waals surface area contributed by atoms with Gasteiger partial charge in [0.05, 0.1) is 7.11 Å². The van der Waals surface area contributed by atoms with Crippen LogP contribution in [0.25, 0.3) is 0 Å². The molecule has 1 saturated carbocycles. The molecule has 0 heterocycles.